The van der Waals surface area contributed by atoms with Crippen molar-refractivity contribution in [2.45, 2.75) is 63.1 Å². The van der Waals surface area contributed by atoms with Gasteiger partial charge in [0.05, 0.1) is 0 Å². The van der Waals surface area contributed by atoms with E-state index in [-0.39, 0.29) is 0 Å². The first-order valence-electron chi connectivity index (χ1n) is 7.01. The molecule has 3 heteroatoms. The molecule has 0 N–H and O–H groups in total. The zero-order valence-corrected chi connectivity index (χ0v) is 12.8. The third kappa shape index (κ3) is 5.89. The molecule has 100 valence electrons. The Morgan fingerprint density at radius 3 is 2.47 bits per heavy atom. The van der Waals surface area contributed by atoms with Crippen LogP contribution < -0.4 is 0 Å². The second kappa shape index (κ2) is 8.12. The van der Waals surface area contributed by atoms with E-state index >= 15 is 0 Å². The minimum atomic E-state index is 0.333. The number of halogens is 1. The van der Waals surface area contributed by atoms with E-state index in [9.17, 15) is 4.79 Å². The van der Waals surface area contributed by atoms with E-state index in [1.807, 2.05) is 11.9 Å². The Balaban J connectivity index is 2.02. The predicted molar refractivity (Wildman–Crippen MR) is 76.5 cm³/mol. The highest BCUT2D eigenvalue weighted by Crippen LogP contribution is 2.33. The molecule has 0 unspecified atom stereocenters. The fraction of sp³-hybridized carbons (Fsp3) is 0.929. The molecule has 0 aromatic carbocycles. The van der Waals surface area contributed by atoms with Gasteiger partial charge in [0.15, 0.2) is 0 Å². The van der Waals surface area contributed by atoms with Gasteiger partial charge in [0, 0.05) is 24.8 Å². The summed E-state index contributed by atoms with van der Waals surface area (Å²) >= 11 is 3.59. The first-order chi connectivity index (χ1) is 8.13. The molecule has 0 atom stereocenters. The second-order valence-corrected chi connectivity index (χ2v) is 6.67. The normalized spacial score (nSPS) is 23.2. The minimum absolute atomic E-state index is 0.333. The standard InChI is InChI=1S/C14H26BrNO/c1-3-4-5-6-7-8-14(17)16(2)11-12-9-13(15)10-12/h12-13H,3-11H2,1-2H3. The summed E-state index contributed by atoms with van der Waals surface area (Å²) in [5.41, 5.74) is 0. The predicted octanol–water partition coefficient (Wildman–Crippen LogP) is 3.98. The molecule has 0 aromatic rings. The number of alkyl halides is 1. The molecule has 1 rings (SSSR count). The lowest BCUT2D eigenvalue weighted by Crippen LogP contribution is -2.37. The summed E-state index contributed by atoms with van der Waals surface area (Å²) in [5, 5.41) is 0. The lowest BCUT2D eigenvalue weighted by Gasteiger charge is -2.34. The smallest absolute Gasteiger partial charge is 0.222 e. The fourth-order valence-electron chi connectivity index (χ4n) is 2.36. The third-order valence-electron chi connectivity index (χ3n) is 3.63. The van der Waals surface area contributed by atoms with Crippen LogP contribution in [0.1, 0.15) is 58.3 Å². The Morgan fingerprint density at radius 1 is 1.24 bits per heavy atom. The molecule has 1 aliphatic carbocycles. The number of amides is 1. The zero-order chi connectivity index (χ0) is 12.7. The lowest BCUT2D eigenvalue weighted by atomic mass is 9.85. The molecule has 0 spiro atoms. The van der Waals surface area contributed by atoms with Crippen LogP contribution in [-0.4, -0.2) is 29.2 Å². The van der Waals surface area contributed by atoms with Crippen LogP contribution in [0.3, 0.4) is 0 Å². The molecule has 0 saturated heterocycles. The van der Waals surface area contributed by atoms with Crippen LogP contribution in [0.5, 0.6) is 0 Å². The van der Waals surface area contributed by atoms with Gasteiger partial charge in [-0.3, -0.25) is 4.79 Å². The molecule has 0 bridgehead atoms. The Bertz CT molecular complexity index is 226. The molecule has 0 aliphatic heterocycles. The van der Waals surface area contributed by atoms with Gasteiger partial charge in [-0.15, -0.1) is 0 Å². The van der Waals surface area contributed by atoms with E-state index in [0.717, 1.165) is 25.3 Å². The van der Waals surface area contributed by atoms with Gasteiger partial charge in [-0.1, -0.05) is 48.5 Å². The lowest BCUT2D eigenvalue weighted by molar-refractivity contribution is -0.130. The van der Waals surface area contributed by atoms with Crippen LogP contribution >= 0.6 is 15.9 Å². The van der Waals surface area contributed by atoms with Gasteiger partial charge in [0.2, 0.25) is 5.91 Å². The van der Waals surface area contributed by atoms with Gasteiger partial charge < -0.3 is 4.90 Å². The molecule has 0 heterocycles. The number of hydrogen-bond acceptors (Lipinski definition) is 1. The highest BCUT2D eigenvalue weighted by atomic mass is 79.9. The topological polar surface area (TPSA) is 20.3 Å². The van der Waals surface area contributed by atoms with Crippen LogP contribution in [0.4, 0.5) is 0 Å². The van der Waals surface area contributed by atoms with Crippen LogP contribution in [0, 0.1) is 5.92 Å². The summed E-state index contributed by atoms with van der Waals surface area (Å²) in [6, 6.07) is 0. The van der Waals surface area contributed by atoms with Gasteiger partial charge in [-0.2, -0.15) is 0 Å². The maximum atomic E-state index is 11.8. The summed E-state index contributed by atoms with van der Waals surface area (Å²) in [5.74, 6) is 1.06. The SMILES string of the molecule is CCCCCCCC(=O)N(C)CC1CC(Br)C1. The largest absolute Gasteiger partial charge is 0.345 e. The van der Waals surface area contributed by atoms with E-state index < -0.39 is 0 Å². The monoisotopic (exact) mass is 303 g/mol. The van der Waals surface area contributed by atoms with Crippen LogP contribution in [-0.2, 0) is 4.79 Å². The van der Waals surface area contributed by atoms with Crippen molar-refractivity contribution in [2.75, 3.05) is 13.6 Å². The van der Waals surface area contributed by atoms with Crippen molar-refractivity contribution in [3.8, 4) is 0 Å². The maximum absolute atomic E-state index is 11.8. The van der Waals surface area contributed by atoms with Crippen molar-refractivity contribution in [1.29, 1.82) is 0 Å². The highest BCUT2D eigenvalue weighted by Gasteiger charge is 2.28. The van der Waals surface area contributed by atoms with E-state index in [1.165, 1.54) is 38.5 Å². The van der Waals surface area contributed by atoms with Crippen LogP contribution in [0.15, 0.2) is 0 Å². The molecular weight excluding hydrogens is 278 g/mol. The Hall–Kier alpha value is -0.0500. The average Bonchev–Trinajstić information content (AvgIpc) is 2.26. The van der Waals surface area contributed by atoms with Gasteiger partial charge in [0.1, 0.15) is 0 Å². The quantitative estimate of drug-likeness (QED) is 0.490. The highest BCUT2D eigenvalue weighted by molar-refractivity contribution is 9.09. The van der Waals surface area contributed by atoms with E-state index in [2.05, 4.69) is 22.9 Å². The van der Waals surface area contributed by atoms with Crippen molar-refractivity contribution in [1.82, 2.24) is 4.90 Å². The summed E-state index contributed by atoms with van der Waals surface area (Å²) in [4.78, 5) is 14.5. The van der Waals surface area contributed by atoms with Crippen molar-refractivity contribution < 1.29 is 4.79 Å². The van der Waals surface area contributed by atoms with E-state index in [0.29, 0.717) is 10.7 Å². The molecular formula is C14H26BrNO. The first kappa shape index (κ1) is 15.0. The number of unbranched alkanes of at least 4 members (excludes halogenated alkanes) is 4. The van der Waals surface area contributed by atoms with Gasteiger partial charge in [0.25, 0.3) is 0 Å². The number of carbonyl (C=O) groups is 1. The summed E-state index contributed by atoms with van der Waals surface area (Å²) in [7, 11) is 1.95. The maximum Gasteiger partial charge on any atom is 0.222 e. The molecule has 17 heavy (non-hydrogen) atoms. The Labute approximate surface area is 114 Å². The molecule has 0 radical (unpaired) electrons. The number of nitrogens with zero attached hydrogens (tertiary/aromatic N) is 1. The second-order valence-electron chi connectivity index (χ2n) is 5.37. The van der Waals surface area contributed by atoms with Gasteiger partial charge in [-0.25, -0.2) is 0 Å². The zero-order valence-electron chi connectivity index (χ0n) is 11.3. The van der Waals surface area contributed by atoms with Crippen molar-refractivity contribution in [2.24, 2.45) is 5.92 Å². The van der Waals surface area contributed by atoms with Crippen molar-refractivity contribution in [3.05, 3.63) is 0 Å². The first-order valence-corrected chi connectivity index (χ1v) is 7.93. The Kier molecular flexibility index (Phi) is 7.17. The number of rotatable bonds is 8. The number of carbonyl (C=O) groups excluding carboxylic acids is 1. The van der Waals surface area contributed by atoms with Gasteiger partial charge in [-0.05, 0) is 25.2 Å². The third-order valence-corrected chi connectivity index (χ3v) is 4.38. The molecule has 1 fully saturated rings. The average molecular weight is 304 g/mol. The van der Waals surface area contributed by atoms with E-state index in [1.54, 1.807) is 0 Å². The molecule has 1 saturated carbocycles. The summed E-state index contributed by atoms with van der Waals surface area (Å²) < 4.78 is 0. The van der Waals surface area contributed by atoms with Crippen LogP contribution in [0.2, 0.25) is 0 Å². The number of hydrogen-bond donors (Lipinski definition) is 0. The summed E-state index contributed by atoms with van der Waals surface area (Å²) in [6.07, 6.45) is 9.32. The molecule has 0 aromatic heterocycles. The van der Waals surface area contributed by atoms with E-state index in [4.69, 9.17) is 0 Å². The summed E-state index contributed by atoms with van der Waals surface area (Å²) in [6.45, 7) is 3.17. The molecule has 1 amide bonds. The van der Waals surface area contributed by atoms with Crippen molar-refractivity contribution >= 4 is 21.8 Å². The molecule has 1 aliphatic rings. The van der Waals surface area contributed by atoms with Crippen molar-refractivity contribution in [3.63, 3.8) is 0 Å². The van der Waals surface area contributed by atoms with Gasteiger partial charge >= 0.3 is 0 Å². The molecule has 2 nitrogen and oxygen atoms in total. The minimum Gasteiger partial charge on any atom is -0.345 e. The fourth-order valence-corrected chi connectivity index (χ4v) is 3.42. The van der Waals surface area contributed by atoms with Crippen LogP contribution in [0.25, 0.3) is 0 Å². The Morgan fingerprint density at radius 2 is 1.88 bits per heavy atom.